The van der Waals surface area contributed by atoms with E-state index in [0.29, 0.717) is 0 Å². The van der Waals surface area contributed by atoms with Crippen LogP contribution in [0, 0.1) is 0 Å². The normalized spacial score (nSPS) is 16.1. The van der Waals surface area contributed by atoms with Gasteiger partial charge < -0.3 is 5.32 Å². The molecule has 1 fully saturated rings. The highest BCUT2D eigenvalue weighted by Crippen LogP contribution is 2.29. The van der Waals surface area contributed by atoms with Crippen LogP contribution in [0.15, 0.2) is 24.3 Å². The Kier molecular flexibility index (Phi) is 2.98. The van der Waals surface area contributed by atoms with Gasteiger partial charge in [-0.1, -0.05) is 12.1 Å². The first-order valence-corrected chi connectivity index (χ1v) is 5.12. The van der Waals surface area contributed by atoms with Crippen LogP contribution < -0.4 is 5.32 Å². The summed E-state index contributed by atoms with van der Waals surface area (Å²) in [7, 11) is 0. The number of halogens is 3. The Labute approximate surface area is 100 Å². The van der Waals surface area contributed by atoms with Crippen LogP contribution in [0.3, 0.4) is 0 Å². The Morgan fingerprint density at radius 3 is 2.56 bits per heavy atom. The molecule has 7 heteroatoms. The zero-order valence-electron chi connectivity index (χ0n) is 9.12. The summed E-state index contributed by atoms with van der Waals surface area (Å²) in [6, 6.07) is 3.97. The van der Waals surface area contributed by atoms with Crippen molar-refractivity contribution in [3.05, 3.63) is 35.4 Å². The molecule has 0 radical (unpaired) electrons. The number of amides is 3. The fourth-order valence-electron chi connectivity index (χ4n) is 1.64. The second-order valence-electron chi connectivity index (χ2n) is 3.84. The molecule has 1 N–H and O–H groups in total. The van der Waals surface area contributed by atoms with Crippen molar-refractivity contribution in [1.82, 2.24) is 10.2 Å². The molecule has 3 amide bonds. The topological polar surface area (TPSA) is 49.4 Å². The molecule has 1 heterocycles. The van der Waals surface area contributed by atoms with Gasteiger partial charge in [-0.2, -0.15) is 13.2 Å². The first-order chi connectivity index (χ1) is 8.38. The summed E-state index contributed by atoms with van der Waals surface area (Å²) in [6.45, 7) is -0.271. The lowest BCUT2D eigenvalue weighted by Gasteiger charge is -2.14. The Morgan fingerprint density at radius 1 is 1.28 bits per heavy atom. The van der Waals surface area contributed by atoms with Crippen LogP contribution in [0.1, 0.15) is 11.1 Å². The number of benzene rings is 1. The number of alkyl halides is 3. The molecular formula is C11H9F3N2O2. The molecule has 1 aliphatic rings. The summed E-state index contributed by atoms with van der Waals surface area (Å²) in [5, 5.41) is 2.30. The summed E-state index contributed by atoms with van der Waals surface area (Å²) < 4.78 is 37.4. The lowest BCUT2D eigenvalue weighted by molar-refractivity contribution is -0.137. The Hall–Kier alpha value is -2.05. The number of hydrogen-bond acceptors (Lipinski definition) is 2. The fourth-order valence-corrected chi connectivity index (χ4v) is 1.64. The molecular weight excluding hydrogens is 249 g/mol. The van der Waals surface area contributed by atoms with Gasteiger partial charge in [-0.3, -0.25) is 9.69 Å². The van der Waals surface area contributed by atoms with Crippen LogP contribution in [0.4, 0.5) is 18.0 Å². The maximum atomic E-state index is 12.5. The quantitative estimate of drug-likeness (QED) is 0.822. The highest BCUT2D eigenvalue weighted by Gasteiger charge is 2.32. The molecule has 1 aromatic rings. The van der Waals surface area contributed by atoms with Gasteiger partial charge in [0.15, 0.2) is 0 Å². The van der Waals surface area contributed by atoms with Gasteiger partial charge in [0, 0.05) is 0 Å². The molecule has 18 heavy (non-hydrogen) atoms. The zero-order chi connectivity index (χ0) is 13.3. The van der Waals surface area contributed by atoms with E-state index in [1.807, 2.05) is 0 Å². The van der Waals surface area contributed by atoms with Crippen LogP contribution in [0.2, 0.25) is 0 Å². The van der Waals surface area contributed by atoms with Crippen LogP contribution in [-0.2, 0) is 17.5 Å². The van der Waals surface area contributed by atoms with Crippen LogP contribution >= 0.6 is 0 Å². The lowest BCUT2D eigenvalue weighted by Crippen LogP contribution is -2.30. The van der Waals surface area contributed by atoms with Crippen molar-refractivity contribution in [3.8, 4) is 0 Å². The number of rotatable bonds is 2. The number of carbonyl (C=O) groups excluding carboxylic acids is 2. The van der Waals surface area contributed by atoms with Gasteiger partial charge in [0.25, 0.3) is 0 Å². The third kappa shape index (κ3) is 2.44. The molecule has 0 saturated carbocycles. The molecule has 1 aromatic carbocycles. The largest absolute Gasteiger partial charge is 0.416 e. The molecule has 2 rings (SSSR count). The summed E-state index contributed by atoms with van der Waals surface area (Å²) in [5.74, 6) is -0.447. The van der Waals surface area contributed by atoms with E-state index in [-0.39, 0.29) is 18.7 Å². The van der Waals surface area contributed by atoms with Gasteiger partial charge in [-0.05, 0) is 17.7 Å². The predicted molar refractivity (Wildman–Crippen MR) is 55.4 cm³/mol. The van der Waals surface area contributed by atoms with Crippen LogP contribution in [0.25, 0.3) is 0 Å². The molecule has 0 aromatic heterocycles. The van der Waals surface area contributed by atoms with Gasteiger partial charge in [0.2, 0.25) is 5.91 Å². The first-order valence-electron chi connectivity index (χ1n) is 5.12. The van der Waals surface area contributed by atoms with Crippen LogP contribution in [-0.4, -0.2) is 23.4 Å². The maximum absolute atomic E-state index is 12.5. The molecule has 0 bridgehead atoms. The molecule has 0 aliphatic carbocycles. The fraction of sp³-hybridized carbons (Fsp3) is 0.273. The smallest absolute Gasteiger partial charge is 0.329 e. The number of nitrogens with one attached hydrogen (secondary N) is 1. The summed E-state index contributed by atoms with van der Waals surface area (Å²) in [5.41, 5.74) is -0.540. The molecule has 4 nitrogen and oxygen atoms in total. The molecule has 0 unspecified atom stereocenters. The minimum Gasteiger partial charge on any atom is -0.329 e. The van der Waals surface area contributed by atoms with Gasteiger partial charge in [-0.15, -0.1) is 0 Å². The Morgan fingerprint density at radius 2 is 2.00 bits per heavy atom. The number of urea groups is 1. The van der Waals surface area contributed by atoms with Gasteiger partial charge >= 0.3 is 12.2 Å². The van der Waals surface area contributed by atoms with E-state index in [4.69, 9.17) is 0 Å². The van der Waals surface area contributed by atoms with Gasteiger partial charge in [-0.25, -0.2) is 4.79 Å². The van der Waals surface area contributed by atoms with Gasteiger partial charge in [0.05, 0.1) is 18.7 Å². The third-order valence-electron chi connectivity index (χ3n) is 2.53. The number of carbonyl (C=O) groups is 2. The summed E-state index contributed by atoms with van der Waals surface area (Å²) >= 11 is 0. The van der Waals surface area contributed by atoms with E-state index in [1.54, 1.807) is 0 Å². The molecule has 96 valence electrons. The standard InChI is InChI=1S/C11H9F3N2O2/c12-11(13,14)8-3-1-2-7(4-8)6-16-9(17)5-15-10(16)18/h1-4H,5-6H2,(H,15,18). The Balaban J connectivity index is 2.20. The molecule has 0 spiro atoms. The first kappa shape index (κ1) is 12.4. The van der Waals surface area contributed by atoms with E-state index in [9.17, 15) is 22.8 Å². The zero-order valence-corrected chi connectivity index (χ0v) is 9.12. The van der Waals surface area contributed by atoms with E-state index in [1.165, 1.54) is 12.1 Å². The van der Waals surface area contributed by atoms with E-state index in [0.717, 1.165) is 17.0 Å². The molecule has 1 aliphatic heterocycles. The van der Waals surface area contributed by atoms with Crippen molar-refractivity contribution < 1.29 is 22.8 Å². The van der Waals surface area contributed by atoms with Crippen LogP contribution in [0.5, 0.6) is 0 Å². The second kappa shape index (κ2) is 4.32. The predicted octanol–water partition coefficient (Wildman–Crippen LogP) is 1.76. The lowest BCUT2D eigenvalue weighted by atomic mass is 10.1. The number of hydrogen-bond donors (Lipinski definition) is 1. The van der Waals surface area contributed by atoms with Gasteiger partial charge in [0.1, 0.15) is 0 Å². The van der Waals surface area contributed by atoms with E-state index in [2.05, 4.69) is 5.32 Å². The summed E-state index contributed by atoms with van der Waals surface area (Å²) in [6.07, 6.45) is -4.44. The highest BCUT2D eigenvalue weighted by molar-refractivity contribution is 6.01. The molecule has 0 atom stereocenters. The minimum absolute atomic E-state index is 0.113. The SMILES string of the molecule is O=C1CNC(=O)N1Cc1cccc(C(F)(F)F)c1. The second-order valence-corrected chi connectivity index (χ2v) is 3.84. The highest BCUT2D eigenvalue weighted by atomic mass is 19.4. The average molecular weight is 258 g/mol. The van der Waals surface area contributed by atoms with Crippen molar-refractivity contribution in [2.75, 3.05) is 6.54 Å². The van der Waals surface area contributed by atoms with Crippen molar-refractivity contribution >= 4 is 11.9 Å². The number of nitrogens with zero attached hydrogens (tertiary/aromatic N) is 1. The maximum Gasteiger partial charge on any atom is 0.416 e. The van der Waals surface area contributed by atoms with Crippen molar-refractivity contribution in [2.24, 2.45) is 0 Å². The van der Waals surface area contributed by atoms with E-state index < -0.39 is 23.7 Å². The monoisotopic (exact) mass is 258 g/mol. The minimum atomic E-state index is -4.44. The average Bonchev–Trinajstić information content (AvgIpc) is 2.60. The van der Waals surface area contributed by atoms with Crippen molar-refractivity contribution in [3.63, 3.8) is 0 Å². The van der Waals surface area contributed by atoms with Crippen molar-refractivity contribution in [2.45, 2.75) is 12.7 Å². The third-order valence-corrected chi connectivity index (χ3v) is 2.53. The van der Waals surface area contributed by atoms with E-state index >= 15 is 0 Å². The summed E-state index contributed by atoms with van der Waals surface area (Å²) in [4.78, 5) is 23.4. The molecule has 1 saturated heterocycles. The Bertz CT molecular complexity index is 483. The number of imide groups is 1. The van der Waals surface area contributed by atoms with Crippen molar-refractivity contribution in [1.29, 1.82) is 0 Å².